The normalized spacial score (nSPS) is 12.9. The highest BCUT2D eigenvalue weighted by molar-refractivity contribution is 7.88. The Hall–Kier alpha value is -3.38. The van der Waals surface area contributed by atoms with E-state index in [-0.39, 0.29) is 35.5 Å². The average Bonchev–Trinajstić information content (AvgIpc) is 2.79. The van der Waals surface area contributed by atoms with Crippen LogP contribution in [0.2, 0.25) is 0 Å². The first-order chi connectivity index (χ1) is 17.1. The van der Waals surface area contributed by atoms with Crippen molar-refractivity contribution in [1.82, 2.24) is 15.0 Å². The number of carbonyl (C=O) groups excluding carboxylic acids is 1. The quantitative estimate of drug-likeness (QED) is 0.400. The Bertz CT molecular complexity index is 1410. The number of hydrogen-bond donors (Lipinski definition) is 2. The number of alkyl halides is 3. The van der Waals surface area contributed by atoms with Gasteiger partial charge in [0.2, 0.25) is 15.9 Å². The van der Waals surface area contributed by atoms with Crippen molar-refractivity contribution in [1.29, 1.82) is 0 Å². The molecule has 0 radical (unpaired) electrons. The molecule has 1 aromatic heterocycles. The molecule has 12 heteroatoms. The van der Waals surface area contributed by atoms with Gasteiger partial charge in [0.1, 0.15) is 17.3 Å². The molecular formula is C25H24F5N3O3S. The number of pyridine rings is 1. The minimum Gasteiger partial charge on any atom is -0.351 e. The van der Waals surface area contributed by atoms with E-state index in [2.05, 4.69) is 15.0 Å². The van der Waals surface area contributed by atoms with E-state index in [4.69, 9.17) is 0 Å². The van der Waals surface area contributed by atoms with Gasteiger partial charge >= 0.3 is 6.18 Å². The molecule has 0 saturated carbocycles. The number of amides is 1. The Morgan fingerprint density at radius 1 is 1.00 bits per heavy atom. The van der Waals surface area contributed by atoms with Crippen molar-refractivity contribution in [3.05, 3.63) is 88.1 Å². The lowest BCUT2D eigenvalue weighted by atomic mass is 9.98. The van der Waals surface area contributed by atoms with Crippen molar-refractivity contribution in [2.75, 3.05) is 6.26 Å². The second-order valence-electron chi connectivity index (χ2n) is 8.60. The second kappa shape index (κ2) is 10.9. The molecule has 37 heavy (non-hydrogen) atoms. The summed E-state index contributed by atoms with van der Waals surface area (Å²) < 4.78 is 92.9. The number of aryl methyl sites for hydroxylation is 1. The molecule has 2 N–H and O–H groups in total. The Balaban J connectivity index is 1.81. The molecular weight excluding hydrogens is 517 g/mol. The molecule has 3 aromatic rings. The van der Waals surface area contributed by atoms with Crippen molar-refractivity contribution >= 4 is 15.9 Å². The highest BCUT2D eigenvalue weighted by Crippen LogP contribution is 2.32. The van der Waals surface area contributed by atoms with Crippen molar-refractivity contribution in [3.8, 4) is 11.3 Å². The lowest BCUT2D eigenvalue weighted by Crippen LogP contribution is -2.28. The predicted molar refractivity (Wildman–Crippen MR) is 128 cm³/mol. The van der Waals surface area contributed by atoms with Gasteiger partial charge in [0.25, 0.3) is 0 Å². The van der Waals surface area contributed by atoms with Crippen LogP contribution >= 0.6 is 0 Å². The number of hydrogen-bond acceptors (Lipinski definition) is 4. The molecule has 0 aliphatic heterocycles. The van der Waals surface area contributed by atoms with E-state index < -0.39 is 45.4 Å². The number of rotatable bonds is 8. The minimum atomic E-state index is -4.72. The number of aromatic nitrogens is 1. The van der Waals surface area contributed by atoms with Crippen LogP contribution in [-0.4, -0.2) is 25.6 Å². The summed E-state index contributed by atoms with van der Waals surface area (Å²) in [6.45, 7) is 2.64. The zero-order chi connectivity index (χ0) is 27.5. The number of benzene rings is 2. The molecule has 198 valence electrons. The fourth-order valence-corrected chi connectivity index (χ4v) is 4.00. The van der Waals surface area contributed by atoms with Gasteiger partial charge in [-0.1, -0.05) is 18.2 Å². The zero-order valence-electron chi connectivity index (χ0n) is 20.1. The highest BCUT2D eigenvalue weighted by atomic mass is 32.2. The van der Waals surface area contributed by atoms with Crippen molar-refractivity contribution in [2.45, 2.75) is 39.0 Å². The van der Waals surface area contributed by atoms with Gasteiger partial charge in [0, 0.05) is 24.2 Å². The summed E-state index contributed by atoms with van der Waals surface area (Å²) >= 11 is 0. The third-order valence-corrected chi connectivity index (χ3v) is 6.20. The number of sulfonamides is 1. The predicted octanol–water partition coefficient (Wildman–Crippen LogP) is 4.82. The van der Waals surface area contributed by atoms with Crippen LogP contribution in [0.15, 0.2) is 48.5 Å². The van der Waals surface area contributed by atoms with Crippen LogP contribution in [-0.2, 0) is 34.1 Å². The van der Waals surface area contributed by atoms with Crippen LogP contribution in [0.25, 0.3) is 11.3 Å². The fourth-order valence-electron chi connectivity index (χ4n) is 3.58. The summed E-state index contributed by atoms with van der Waals surface area (Å²) in [6, 6.07) is 9.67. The summed E-state index contributed by atoms with van der Waals surface area (Å²) in [6.07, 6.45) is -3.78. The maximum atomic E-state index is 14.4. The monoisotopic (exact) mass is 541 g/mol. The first-order valence-corrected chi connectivity index (χ1v) is 12.9. The molecule has 1 heterocycles. The number of carbonyl (C=O) groups is 1. The van der Waals surface area contributed by atoms with E-state index in [9.17, 15) is 35.2 Å². The molecule has 0 bridgehead atoms. The molecule has 6 nitrogen and oxygen atoms in total. The van der Waals surface area contributed by atoms with E-state index in [1.54, 1.807) is 6.92 Å². The van der Waals surface area contributed by atoms with Crippen molar-refractivity contribution in [2.24, 2.45) is 0 Å². The average molecular weight is 542 g/mol. The molecule has 1 amide bonds. The maximum absolute atomic E-state index is 14.4. The smallest absolute Gasteiger partial charge is 0.351 e. The summed E-state index contributed by atoms with van der Waals surface area (Å²) in [7, 11) is -3.52. The Kier molecular flexibility index (Phi) is 8.33. The van der Waals surface area contributed by atoms with Crippen molar-refractivity contribution in [3.63, 3.8) is 0 Å². The second-order valence-corrected chi connectivity index (χ2v) is 10.4. The van der Waals surface area contributed by atoms with Gasteiger partial charge in [0.15, 0.2) is 0 Å². The third-order valence-electron chi connectivity index (χ3n) is 5.53. The number of halogens is 5. The van der Waals surface area contributed by atoms with Gasteiger partial charge in [0.05, 0.1) is 17.9 Å². The van der Waals surface area contributed by atoms with E-state index >= 15 is 0 Å². The van der Waals surface area contributed by atoms with Gasteiger partial charge < -0.3 is 5.32 Å². The first-order valence-electron chi connectivity index (χ1n) is 11.0. The van der Waals surface area contributed by atoms with Crippen LogP contribution in [0.4, 0.5) is 22.0 Å². The van der Waals surface area contributed by atoms with E-state index in [0.717, 1.165) is 24.5 Å². The fraction of sp³-hybridized carbons (Fsp3) is 0.280. The highest BCUT2D eigenvalue weighted by Gasteiger charge is 2.33. The van der Waals surface area contributed by atoms with Crippen LogP contribution in [0.5, 0.6) is 0 Å². The van der Waals surface area contributed by atoms with Gasteiger partial charge in [-0.2, -0.15) is 13.2 Å². The van der Waals surface area contributed by atoms with Crippen LogP contribution < -0.4 is 10.0 Å². The largest absolute Gasteiger partial charge is 0.433 e. The summed E-state index contributed by atoms with van der Waals surface area (Å²) in [5.41, 5.74) is -0.0478. The van der Waals surface area contributed by atoms with Crippen LogP contribution in [0.3, 0.4) is 0 Å². The topological polar surface area (TPSA) is 88.2 Å². The van der Waals surface area contributed by atoms with E-state index in [1.807, 2.05) is 0 Å². The Labute approximate surface area is 211 Å². The van der Waals surface area contributed by atoms with Gasteiger partial charge in [-0.25, -0.2) is 26.9 Å². The number of nitrogens with zero attached hydrogens (tertiary/aromatic N) is 1. The first kappa shape index (κ1) is 28.2. The molecule has 3 rings (SSSR count). The molecule has 0 fully saturated rings. The lowest BCUT2D eigenvalue weighted by Gasteiger charge is -2.17. The molecule has 0 saturated heterocycles. The molecule has 1 unspecified atom stereocenters. The van der Waals surface area contributed by atoms with E-state index in [1.165, 1.54) is 37.3 Å². The lowest BCUT2D eigenvalue weighted by molar-refractivity contribution is -0.141. The molecule has 0 aliphatic carbocycles. The number of nitrogens with one attached hydrogen (secondary N) is 2. The van der Waals surface area contributed by atoms with Crippen LogP contribution in [0, 0.1) is 18.6 Å². The Morgan fingerprint density at radius 3 is 2.27 bits per heavy atom. The van der Waals surface area contributed by atoms with Gasteiger partial charge in [-0.15, -0.1) is 0 Å². The maximum Gasteiger partial charge on any atom is 0.433 e. The molecule has 1 atom stereocenters. The Morgan fingerprint density at radius 2 is 1.68 bits per heavy atom. The van der Waals surface area contributed by atoms with Crippen molar-refractivity contribution < 1.29 is 35.2 Å². The zero-order valence-corrected chi connectivity index (χ0v) is 20.9. The van der Waals surface area contributed by atoms with Gasteiger partial charge in [-0.05, 0) is 60.9 Å². The molecule has 0 aliphatic rings. The summed E-state index contributed by atoms with van der Waals surface area (Å²) in [5, 5.41) is 2.61. The summed E-state index contributed by atoms with van der Waals surface area (Å²) in [4.78, 5) is 16.5. The molecule has 2 aromatic carbocycles. The van der Waals surface area contributed by atoms with Crippen LogP contribution in [0.1, 0.15) is 40.8 Å². The SMILES string of the molecule is Cc1cc(F)cc(-c2nc(C(F)(F)F)ccc2CNC(=O)C(C)c2ccc(CNS(C)(=O)=O)c(F)c2)c1. The third kappa shape index (κ3) is 7.56. The summed E-state index contributed by atoms with van der Waals surface area (Å²) in [5.74, 6) is -2.73. The van der Waals surface area contributed by atoms with Gasteiger partial charge in [-0.3, -0.25) is 4.79 Å². The molecule has 0 spiro atoms. The minimum absolute atomic E-state index is 0.0904. The standard InChI is InChI=1S/C25H24F5N3O3S/c1-14-8-19(10-20(26)9-14)23-18(6-7-22(33-23)25(28,29)30)12-31-24(34)15(2)16-4-5-17(21(27)11-16)13-32-37(3,35)36/h4-11,15,32H,12-13H2,1-3H3,(H,31,34). The van der Waals surface area contributed by atoms with E-state index in [0.29, 0.717) is 11.1 Å².